The van der Waals surface area contributed by atoms with E-state index in [1.807, 2.05) is 11.4 Å². The van der Waals surface area contributed by atoms with E-state index in [4.69, 9.17) is 4.52 Å². The van der Waals surface area contributed by atoms with E-state index in [1.165, 1.54) is 18.4 Å². The van der Waals surface area contributed by atoms with E-state index in [9.17, 15) is 13.2 Å². The van der Waals surface area contributed by atoms with Crippen LogP contribution in [0, 0.1) is 0 Å². The molecule has 0 atom stereocenters. The number of aromatic nitrogens is 4. The molecule has 9 heteroatoms. The van der Waals surface area contributed by atoms with Crippen molar-refractivity contribution >= 4 is 11.3 Å². The third-order valence-electron chi connectivity index (χ3n) is 2.56. The van der Waals surface area contributed by atoms with Gasteiger partial charge in [0.25, 0.3) is 5.89 Å². The number of thiophene rings is 1. The smallest absolute Gasteiger partial charge is 0.332 e. The van der Waals surface area contributed by atoms with Crippen LogP contribution in [0.5, 0.6) is 0 Å². The second-order valence-electron chi connectivity index (χ2n) is 3.94. The molecular weight excluding hydrogens is 293 g/mol. The first-order chi connectivity index (χ1) is 9.45. The molecule has 3 heterocycles. The highest BCUT2D eigenvalue weighted by Crippen LogP contribution is 2.32. The van der Waals surface area contributed by atoms with Crippen molar-refractivity contribution in [2.45, 2.75) is 6.18 Å². The molecule has 3 aromatic rings. The summed E-state index contributed by atoms with van der Waals surface area (Å²) in [6.45, 7) is 0. The molecule has 0 aliphatic rings. The van der Waals surface area contributed by atoms with Gasteiger partial charge in [-0.25, -0.2) is 0 Å². The largest absolute Gasteiger partial charge is 0.433 e. The first-order valence-electron chi connectivity index (χ1n) is 5.44. The molecule has 0 aliphatic heterocycles. The number of alkyl halides is 3. The molecule has 0 saturated heterocycles. The number of rotatable bonds is 2. The summed E-state index contributed by atoms with van der Waals surface area (Å²) in [5.74, 6) is 0.286. The predicted octanol–water partition coefficient (Wildman–Crippen LogP) is 3.22. The average molecular weight is 300 g/mol. The van der Waals surface area contributed by atoms with Crippen molar-refractivity contribution in [2.24, 2.45) is 7.05 Å². The Kier molecular flexibility index (Phi) is 2.85. The third kappa shape index (κ3) is 2.20. The average Bonchev–Trinajstić information content (AvgIpc) is 3.06. The highest BCUT2D eigenvalue weighted by atomic mass is 32.1. The SMILES string of the molecule is Cn1nc(-c2nc(-c3cccs3)no2)cc1C(F)(F)F. The van der Waals surface area contributed by atoms with E-state index >= 15 is 0 Å². The van der Waals surface area contributed by atoms with Crippen molar-refractivity contribution in [2.75, 3.05) is 0 Å². The van der Waals surface area contributed by atoms with Crippen molar-refractivity contribution in [1.82, 2.24) is 19.9 Å². The number of hydrogen-bond acceptors (Lipinski definition) is 5. The van der Waals surface area contributed by atoms with Crippen LogP contribution in [0.3, 0.4) is 0 Å². The zero-order valence-corrected chi connectivity index (χ0v) is 10.9. The standard InChI is InChI=1S/C11H7F3N4OS/c1-18-8(11(12,13)14)5-6(16-18)10-15-9(17-19-10)7-3-2-4-20-7/h2-5H,1H3. The van der Waals surface area contributed by atoms with Gasteiger partial charge in [-0.3, -0.25) is 4.68 Å². The maximum absolute atomic E-state index is 12.7. The summed E-state index contributed by atoms with van der Waals surface area (Å²) in [5.41, 5.74) is -0.876. The number of nitrogens with zero attached hydrogens (tertiary/aromatic N) is 4. The van der Waals surface area contributed by atoms with Crippen LogP contribution in [0.25, 0.3) is 22.3 Å². The van der Waals surface area contributed by atoms with Gasteiger partial charge in [-0.1, -0.05) is 11.2 Å². The van der Waals surface area contributed by atoms with Crippen molar-refractivity contribution in [3.05, 3.63) is 29.3 Å². The fourth-order valence-corrected chi connectivity index (χ4v) is 2.32. The normalized spacial score (nSPS) is 12.0. The van der Waals surface area contributed by atoms with Gasteiger partial charge in [0.15, 0.2) is 5.69 Å². The summed E-state index contributed by atoms with van der Waals surface area (Å²) >= 11 is 1.41. The van der Waals surface area contributed by atoms with E-state index in [-0.39, 0.29) is 11.6 Å². The molecular formula is C11H7F3N4OS. The zero-order valence-electron chi connectivity index (χ0n) is 10.0. The van der Waals surface area contributed by atoms with Crippen LogP contribution in [0.2, 0.25) is 0 Å². The maximum Gasteiger partial charge on any atom is 0.433 e. The number of halogens is 3. The second kappa shape index (κ2) is 4.44. The molecule has 0 bridgehead atoms. The van der Waals surface area contributed by atoms with Crippen LogP contribution < -0.4 is 0 Å². The molecule has 0 N–H and O–H groups in total. The molecule has 0 unspecified atom stereocenters. The molecule has 0 saturated carbocycles. The van der Waals surface area contributed by atoms with Gasteiger partial charge in [-0.15, -0.1) is 11.3 Å². The minimum absolute atomic E-state index is 0.00451. The second-order valence-corrected chi connectivity index (χ2v) is 4.88. The van der Waals surface area contributed by atoms with Crippen molar-refractivity contribution in [3.8, 4) is 22.3 Å². The summed E-state index contributed by atoms with van der Waals surface area (Å²) in [6.07, 6.45) is -4.48. The lowest BCUT2D eigenvalue weighted by Gasteiger charge is -2.04. The van der Waals surface area contributed by atoms with Crippen molar-refractivity contribution in [1.29, 1.82) is 0 Å². The molecule has 3 aromatic heterocycles. The molecule has 0 radical (unpaired) electrons. The van der Waals surface area contributed by atoms with E-state index in [1.54, 1.807) is 6.07 Å². The minimum atomic E-state index is -4.48. The van der Waals surface area contributed by atoms with Crippen LogP contribution in [-0.2, 0) is 13.2 Å². The maximum atomic E-state index is 12.7. The molecule has 104 valence electrons. The van der Waals surface area contributed by atoms with Gasteiger partial charge in [0.2, 0.25) is 5.82 Å². The molecule has 0 aromatic carbocycles. The summed E-state index contributed by atoms with van der Waals surface area (Å²) < 4.78 is 43.7. The summed E-state index contributed by atoms with van der Waals surface area (Å²) in [7, 11) is 1.21. The first kappa shape index (κ1) is 12.9. The fourth-order valence-electron chi connectivity index (χ4n) is 1.67. The summed E-state index contributed by atoms with van der Waals surface area (Å²) in [6, 6.07) is 4.49. The van der Waals surface area contributed by atoms with E-state index < -0.39 is 11.9 Å². The Morgan fingerprint density at radius 1 is 1.35 bits per heavy atom. The van der Waals surface area contributed by atoms with Gasteiger partial charge in [0, 0.05) is 13.1 Å². The van der Waals surface area contributed by atoms with Gasteiger partial charge in [0.05, 0.1) is 4.88 Å². The Balaban J connectivity index is 1.98. The first-order valence-corrected chi connectivity index (χ1v) is 6.32. The molecule has 0 fully saturated rings. The van der Waals surface area contributed by atoms with Crippen LogP contribution >= 0.6 is 11.3 Å². The van der Waals surface area contributed by atoms with E-state index in [0.29, 0.717) is 5.82 Å². The lowest BCUT2D eigenvalue weighted by atomic mass is 10.3. The highest BCUT2D eigenvalue weighted by molar-refractivity contribution is 7.13. The topological polar surface area (TPSA) is 56.7 Å². The van der Waals surface area contributed by atoms with Gasteiger partial charge < -0.3 is 4.52 Å². The van der Waals surface area contributed by atoms with Crippen molar-refractivity contribution < 1.29 is 17.7 Å². The zero-order chi connectivity index (χ0) is 14.3. The van der Waals surface area contributed by atoms with Crippen LogP contribution in [-0.4, -0.2) is 19.9 Å². The lowest BCUT2D eigenvalue weighted by molar-refractivity contribution is -0.143. The quantitative estimate of drug-likeness (QED) is 0.729. The van der Waals surface area contributed by atoms with Crippen molar-refractivity contribution in [3.63, 3.8) is 0 Å². The van der Waals surface area contributed by atoms with E-state index in [2.05, 4.69) is 15.2 Å². The molecule has 20 heavy (non-hydrogen) atoms. The van der Waals surface area contributed by atoms with Gasteiger partial charge in [0.1, 0.15) is 5.69 Å². The van der Waals surface area contributed by atoms with Gasteiger partial charge in [-0.05, 0) is 11.4 Å². The summed E-state index contributed by atoms with van der Waals surface area (Å²) in [5, 5.41) is 9.32. The fraction of sp³-hybridized carbons (Fsp3) is 0.182. The Morgan fingerprint density at radius 3 is 2.75 bits per heavy atom. The molecule has 0 aliphatic carbocycles. The van der Waals surface area contributed by atoms with Crippen LogP contribution in [0.1, 0.15) is 5.69 Å². The van der Waals surface area contributed by atoms with E-state index in [0.717, 1.165) is 15.6 Å². The number of hydrogen-bond donors (Lipinski definition) is 0. The predicted molar refractivity (Wildman–Crippen MR) is 64.8 cm³/mol. The Morgan fingerprint density at radius 2 is 2.15 bits per heavy atom. The highest BCUT2D eigenvalue weighted by Gasteiger charge is 2.35. The number of aryl methyl sites for hydroxylation is 1. The van der Waals surface area contributed by atoms with Crippen LogP contribution in [0.4, 0.5) is 13.2 Å². The molecule has 3 rings (SSSR count). The third-order valence-corrected chi connectivity index (χ3v) is 3.42. The monoisotopic (exact) mass is 300 g/mol. The molecule has 5 nitrogen and oxygen atoms in total. The summed E-state index contributed by atoms with van der Waals surface area (Å²) in [4.78, 5) is 4.82. The lowest BCUT2D eigenvalue weighted by Crippen LogP contribution is -2.11. The van der Waals surface area contributed by atoms with Gasteiger partial charge in [-0.2, -0.15) is 23.3 Å². The Labute approximate surface area is 114 Å². The van der Waals surface area contributed by atoms with Crippen LogP contribution in [0.15, 0.2) is 28.1 Å². The minimum Gasteiger partial charge on any atom is -0.332 e. The van der Waals surface area contributed by atoms with Gasteiger partial charge >= 0.3 is 6.18 Å². The molecule has 0 spiro atoms. The molecule has 0 amide bonds. The Hall–Kier alpha value is -2.16. The Bertz CT molecular complexity index is 729.